The maximum atomic E-state index is 13.1. The molecule has 0 unspecified atom stereocenters. The Morgan fingerprint density at radius 1 is 0.818 bits per heavy atom. The summed E-state index contributed by atoms with van der Waals surface area (Å²) in [6, 6.07) is 28.8. The minimum absolute atomic E-state index is 0.165. The van der Waals surface area contributed by atoms with E-state index in [1.807, 2.05) is 54.6 Å². The van der Waals surface area contributed by atoms with Crippen LogP contribution in [-0.4, -0.2) is 31.7 Å². The fourth-order valence-electron chi connectivity index (χ4n) is 3.44. The largest absolute Gasteiger partial charge is 0.457 e. The molecule has 1 N–H and O–H groups in total. The zero-order valence-electron chi connectivity index (χ0n) is 18.1. The van der Waals surface area contributed by atoms with Crippen LogP contribution in [0.15, 0.2) is 102 Å². The fourth-order valence-corrected chi connectivity index (χ4v) is 4.88. The number of hydrogen-bond acceptors (Lipinski definition) is 4. The van der Waals surface area contributed by atoms with E-state index in [0.29, 0.717) is 17.2 Å². The third-order valence-electron chi connectivity index (χ3n) is 5.15. The summed E-state index contributed by atoms with van der Waals surface area (Å²) >= 11 is 0. The molecule has 4 aromatic rings. The second-order valence-corrected chi connectivity index (χ2v) is 9.37. The first-order valence-electron chi connectivity index (χ1n) is 10.6. The van der Waals surface area contributed by atoms with E-state index in [4.69, 9.17) is 4.74 Å². The first kappa shape index (κ1) is 22.5. The molecule has 0 aliphatic rings. The first-order chi connectivity index (χ1) is 16.0. The molecule has 0 fully saturated rings. The number of para-hydroxylation sites is 1. The number of sulfonamides is 1. The molecule has 0 spiro atoms. The Balaban J connectivity index is 1.42. The van der Waals surface area contributed by atoms with Crippen LogP contribution in [0.1, 0.15) is 6.92 Å². The zero-order chi connectivity index (χ0) is 23.3. The highest BCUT2D eigenvalue weighted by Crippen LogP contribution is 2.24. The summed E-state index contributed by atoms with van der Waals surface area (Å²) < 4.78 is 33.2. The molecular formula is C26H24N2O4S. The highest BCUT2D eigenvalue weighted by atomic mass is 32.2. The number of fused-ring (bicyclic) bond motifs is 1. The third kappa shape index (κ3) is 5.39. The minimum Gasteiger partial charge on any atom is -0.457 e. The first-order valence-corrected chi connectivity index (χ1v) is 12.0. The van der Waals surface area contributed by atoms with Crippen LogP contribution < -0.4 is 10.1 Å². The average molecular weight is 461 g/mol. The molecule has 33 heavy (non-hydrogen) atoms. The van der Waals surface area contributed by atoms with E-state index < -0.39 is 15.9 Å². The molecule has 6 nitrogen and oxygen atoms in total. The van der Waals surface area contributed by atoms with Gasteiger partial charge in [0.1, 0.15) is 11.5 Å². The molecule has 0 aliphatic heterocycles. The van der Waals surface area contributed by atoms with Crippen LogP contribution >= 0.6 is 0 Å². The van der Waals surface area contributed by atoms with Gasteiger partial charge in [0.2, 0.25) is 15.9 Å². The van der Waals surface area contributed by atoms with E-state index in [1.54, 1.807) is 49.4 Å². The predicted octanol–water partition coefficient (Wildman–Crippen LogP) is 5.28. The van der Waals surface area contributed by atoms with Crippen molar-refractivity contribution in [2.24, 2.45) is 0 Å². The van der Waals surface area contributed by atoms with Gasteiger partial charge in [-0.1, -0.05) is 55.5 Å². The van der Waals surface area contributed by atoms with Crippen LogP contribution in [0.25, 0.3) is 10.8 Å². The van der Waals surface area contributed by atoms with Crippen molar-refractivity contribution in [3.63, 3.8) is 0 Å². The van der Waals surface area contributed by atoms with Gasteiger partial charge in [-0.15, -0.1) is 0 Å². The molecule has 0 saturated carbocycles. The summed E-state index contributed by atoms with van der Waals surface area (Å²) in [7, 11) is -3.82. The van der Waals surface area contributed by atoms with E-state index in [2.05, 4.69) is 5.32 Å². The lowest BCUT2D eigenvalue weighted by Gasteiger charge is -2.20. The number of anilines is 1. The summed E-state index contributed by atoms with van der Waals surface area (Å²) in [6.45, 7) is 1.60. The summed E-state index contributed by atoms with van der Waals surface area (Å²) in [5, 5.41) is 4.54. The Hall–Kier alpha value is -3.68. The molecule has 0 bridgehead atoms. The van der Waals surface area contributed by atoms with Gasteiger partial charge in [0.25, 0.3) is 0 Å². The van der Waals surface area contributed by atoms with E-state index in [9.17, 15) is 13.2 Å². The third-order valence-corrected chi connectivity index (χ3v) is 7.07. The Morgan fingerprint density at radius 2 is 1.45 bits per heavy atom. The molecule has 7 heteroatoms. The number of likely N-dealkylation sites (N-methyl/N-ethyl adjacent to an activating group) is 1. The van der Waals surface area contributed by atoms with E-state index >= 15 is 0 Å². The second kappa shape index (κ2) is 9.85. The van der Waals surface area contributed by atoms with Crippen molar-refractivity contribution >= 4 is 32.4 Å². The van der Waals surface area contributed by atoms with Gasteiger partial charge in [0.05, 0.1) is 11.4 Å². The molecule has 168 valence electrons. The highest BCUT2D eigenvalue weighted by Gasteiger charge is 2.25. The fraction of sp³-hybridized carbons (Fsp3) is 0.115. The van der Waals surface area contributed by atoms with Crippen molar-refractivity contribution in [3.05, 3.63) is 97.1 Å². The lowest BCUT2D eigenvalue weighted by atomic mass is 10.1. The summed E-state index contributed by atoms with van der Waals surface area (Å²) in [5.41, 5.74) is 0.555. The van der Waals surface area contributed by atoms with Crippen molar-refractivity contribution < 1.29 is 17.9 Å². The highest BCUT2D eigenvalue weighted by molar-refractivity contribution is 7.89. The number of nitrogens with one attached hydrogen (secondary N) is 1. The van der Waals surface area contributed by atoms with Crippen molar-refractivity contribution in [1.82, 2.24) is 4.31 Å². The standard InChI is InChI=1S/C26H24N2O4S/c1-2-28(33(30,31)25-17-12-20-8-6-7-9-21(20)18-25)19-26(29)27-22-13-15-24(16-14-22)32-23-10-4-3-5-11-23/h3-18H,2,19H2,1H3,(H,27,29). The average Bonchev–Trinajstić information content (AvgIpc) is 2.84. The number of amides is 1. The number of nitrogens with zero attached hydrogens (tertiary/aromatic N) is 1. The Kier molecular flexibility index (Phi) is 6.72. The van der Waals surface area contributed by atoms with Gasteiger partial charge in [-0.2, -0.15) is 4.31 Å². The van der Waals surface area contributed by atoms with Crippen LogP contribution in [0.3, 0.4) is 0 Å². The second-order valence-electron chi connectivity index (χ2n) is 7.43. The smallest absolute Gasteiger partial charge is 0.243 e. The van der Waals surface area contributed by atoms with Gasteiger partial charge >= 0.3 is 0 Å². The van der Waals surface area contributed by atoms with Crippen molar-refractivity contribution in [2.45, 2.75) is 11.8 Å². The van der Waals surface area contributed by atoms with Crippen molar-refractivity contribution in [3.8, 4) is 11.5 Å². The zero-order valence-corrected chi connectivity index (χ0v) is 19.0. The monoisotopic (exact) mass is 460 g/mol. The maximum absolute atomic E-state index is 13.1. The lowest BCUT2D eigenvalue weighted by Crippen LogP contribution is -2.37. The van der Waals surface area contributed by atoms with Crippen molar-refractivity contribution in [2.75, 3.05) is 18.4 Å². The molecule has 0 aliphatic carbocycles. The summed E-state index contributed by atoms with van der Waals surface area (Å²) in [5.74, 6) is 0.929. The van der Waals surface area contributed by atoms with Gasteiger partial charge in [0.15, 0.2) is 0 Å². The molecule has 0 radical (unpaired) electrons. The predicted molar refractivity (Wildman–Crippen MR) is 130 cm³/mol. The topological polar surface area (TPSA) is 75.7 Å². The number of ether oxygens (including phenoxy) is 1. The van der Waals surface area contributed by atoms with Gasteiger partial charge in [-0.25, -0.2) is 8.42 Å². The van der Waals surface area contributed by atoms with Crippen molar-refractivity contribution in [1.29, 1.82) is 0 Å². The van der Waals surface area contributed by atoms with Crippen LogP contribution in [0.4, 0.5) is 5.69 Å². The number of benzene rings is 4. The Labute approximate surface area is 193 Å². The van der Waals surface area contributed by atoms with Crippen LogP contribution in [-0.2, 0) is 14.8 Å². The number of hydrogen-bond donors (Lipinski definition) is 1. The summed E-state index contributed by atoms with van der Waals surface area (Å²) in [6.07, 6.45) is 0. The SMILES string of the molecule is CCN(CC(=O)Nc1ccc(Oc2ccccc2)cc1)S(=O)(=O)c1ccc2ccccc2c1. The molecule has 4 rings (SSSR count). The van der Waals surface area contributed by atoms with E-state index in [1.165, 1.54) is 4.31 Å². The quantitative estimate of drug-likeness (QED) is 0.388. The number of carbonyl (C=O) groups is 1. The van der Waals surface area contributed by atoms with Gasteiger partial charge in [-0.3, -0.25) is 4.79 Å². The van der Waals surface area contributed by atoms with Crippen LogP contribution in [0.5, 0.6) is 11.5 Å². The Morgan fingerprint density at radius 3 is 2.15 bits per heavy atom. The van der Waals surface area contributed by atoms with Gasteiger partial charge in [0, 0.05) is 12.2 Å². The molecular weight excluding hydrogens is 436 g/mol. The number of rotatable bonds is 8. The molecule has 0 atom stereocenters. The normalized spacial score (nSPS) is 11.5. The van der Waals surface area contributed by atoms with E-state index in [0.717, 1.165) is 10.8 Å². The lowest BCUT2D eigenvalue weighted by molar-refractivity contribution is -0.116. The van der Waals surface area contributed by atoms with E-state index in [-0.39, 0.29) is 18.0 Å². The molecule has 0 saturated heterocycles. The maximum Gasteiger partial charge on any atom is 0.243 e. The summed E-state index contributed by atoms with van der Waals surface area (Å²) in [4.78, 5) is 12.8. The van der Waals surface area contributed by atoms with Crippen LogP contribution in [0, 0.1) is 0 Å². The van der Waals surface area contributed by atoms with Gasteiger partial charge in [-0.05, 0) is 59.3 Å². The minimum atomic E-state index is -3.82. The molecule has 0 aromatic heterocycles. The number of carbonyl (C=O) groups excluding carboxylic acids is 1. The molecule has 0 heterocycles. The van der Waals surface area contributed by atoms with Crippen LogP contribution in [0.2, 0.25) is 0 Å². The Bertz CT molecular complexity index is 1350. The van der Waals surface area contributed by atoms with Gasteiger partial charge < -0.3 is 10.1 Å². The molecule has 4 aromatic carbocycles. The molecule has 1 amide bonds.